The van der Waals surface area contributed by atoms with Crippen LogP contribution in [0.5, 0.6) is 0 Å². The molecule has 6 nitrogen and oxygen atoms in total. The second-order valence-corrected chi connectivity index (χ2v) is 7.89. The van der Waals surface area contributed by atoms with Crippen LogP contribution in [0.25, 0.3) is 0 Å². The Morgan fingerprint density at radius 3 is 2.73 bits per heavy atom. The fraction of sp³-hybridized carbons (Fsp3) is 0.786. The van der Waals surface area contributed by atoms with Gasteiger partial charge in [-0.05, 0) is 45.2 Å². The molecule has 0 unspecified atom stereocenters. The molecule has 0 bridgehead atoms. The lowest BCUT2D eigenvalue weighted by molar-refractivity contribution is 0.262. The van der Waals surface area contributed by atoms with Gasteiger partial charge in [0.25, 0.3) is 10.0 Å². The molecule has 0 aromatic carbocycles. The number of nitrogens with one attached hydrogen (secondary N) is 1. The van der Waals surface area contributed by atoms with Gasteiger partial charge in [0.1, 0.15) is 5.82 Å². The number of nitrogens with zero attached hydrogens (tertiary/aromatic N) is 3. The van der Waals surface area contributed by atoms with E-state index in [1.54, 1.807) is 4.31 Å². The highest BCUT2D eigenvalue weighted by Gasteiger charge is 2.33. The molecule has 8 heteroatoms. The molecule has 1 N–H and O–H groups in total. The van der Waals surface area contributed by atoms with E-state index >= 15 is 0 Å². The van der Waals surface area contributed by atoms with E-state index in [4.69, 9.17) is 0 Å². The maximum Gasteiger partial charge on any atom is 0.260 e. The van der Waals surface area contributed by atoms with E-state index in [0.29, 0.717) is 24.0 Å². The van der Waals surface area contributed by atoms with Gasteiger partial charge in [-0.2, -0.15) is 4.31 Å². The van der Waals surface area contributed by atoms with Crippen molar-refractivity contribution in [1.82, 2.24) is 19.2 Å². The first-order valence-electron chi connectivity index (χ1n) is 7.82. The van der Waals surface area contributed by atoms with Crippen LogP contribution in [0.4, 0.5) is 0 Å². The summed E-state index contributed by atoms with van der Waals surface area (Å²) in [7, 11) is -1.41. The van der Waals surface area contributed by atoms with Crippen LogP contribution < -0.4 is 5.32 Å². The maximum absolute atomic E-state index is 12.8. The minimum absolute atomic E-state index is 0. The normalized spacial score (nSPS) is 19.9. The molecule has 1 fully saturated rings. The van der Waals surface area contributed by atoms with E-state index in [0.717, 1.165) is 51.0 Å². The summed E-state index contributed by atoms with van der Waals surface area (Å²) < 4.78 is 29.1. The first kappa shape index (κ1) is 17.7. The Balaban J connectivity index is 0.00000176. The average molecular weight is 349 g/mol. The van der Waals surface area contributed by atoms with Gasteiger partial charge in [-0.3, -0.25) is 0 Å². The lowest BCUT2D eigenvalue weighted by Gasteiger charge is -2.31. The zero-order valence-electron chi connectivity index (χ0n) is 13.0. The third kappa shape index (κ3) is 3.32. The van der Waals surface area contributed by atoms with Crippen LogP contribution in [0.15, 0.2) is 11.2 Å². The molecule has 0 amide bonds. The van der Waals surface area contributed by atoms with E-state index in [-0.39, 0.29) is 12.4 Å². The van der Waals surface area contributed by atoms with Crippen molar-refractivity contribution in [2.75, 3.05) is 26.7 Å². The van der Waals surface area contributed by atoms with Gasteiger partial charge in [-0.1, -0.05) is 0 Å². The van der Waals surface area contributed by atoms with Crippen LogP contribution in [0, 0.1) is 5.92 Å². The van der Waals surface area contributed by atoms with E-state index in [2.05, 4.69) is 10.3 Å². The standard InChI is InChI=1S/C14H24N4O2S.ClH/c1-15-7-4-12-5-9-17(10-6-12)21(19,20)14-11-16-13-3-2-8-18(13)14;/h11-12,15H,2-10H2,1H3;1H. The molecule has 3 heterocycles. The largest absolute Gasteiger partial charge is 0.320 e. The Kier molecular flexibility index (Phi) is 5.87. The fourth-order valence-electron chi connectivity index (χ4n) is 3.36. The molecule has 1 aromatic heterocycles. The quantitative estimate of drug-likeness (QED) is 0.870. The molecule has 0 aliphatic carbocycles. The van der Waals surface area contributed by atoms with Crippen molar-refractivity contribution in [3.63, 3.8) is 0 Å². The lowest BCUT2D eigenvalue weighted by Crippen LogP contribution is -2.39. The number of aromatic nitrogens is 2. The van der Waals surface area contributed by atoms with Gasteiger partial charge in [0.05, 0.1) is 6.20 Å². The van der Waals surface area contributed by atoms with Crippen LogP contribution >= 0.6 is 12.4 Å². The van der Waals surface area contributed by atoms with Crippen molar-refractivity contribution in [3.05, 3.63) is 12.0 Å². The monoisotopic (exact) mass is 348 g/mol. The predicted molar refractivity (Wildman–Crippen MR) is 87.8 cm³/mol. The van der Waals surface area contributed by atoms with Crippen LogP contribution in [0.3, 0.4) is 0 Å². The minimum atomic E-state index is -3.37. The number of aryl methyl sites for hydroxylation is 1. The van der Waals surface area contributed by atoms with Crippen molar-refractivity contribution < 1.29 is 8.42 Å². The summed E-state index contributed by atoms with van der Waals surface area (Å²) >= 11 is 0. The SMILES string of the molecule is CNCCC1CCN(S(=O)(=O)c2cnc3n2CCC3)CC1.Cl. The zero-order chi connectivity index (χ0) is 14.9. The highest BCUT2D eigenvalue weighted by molar-refractivity contribution is 7.89. The number of sulfonamides is 1. The number of fused-ring (bicyclic) bond motifs is 1. The molecule has 22 heavy (non-hydrogen) atoms. The summed E-state index contributed by atoms with van der Waals surface area (Å²) in [5, 5.41) is 3.56. The number of halogens is 1. The lowest BCUT2D eigenvalue weighted by atomic mass is 9.95. The molecule has 1 saturated heterocycles. The van der Waals surface area contributed by atoms with E-state index < -0.39 is 10.0 Å². The summed E-state index contributed by atoms with van der Waals surface area (Å²) in [5.74, 6) is 1.55. The second-order valence-electron chi connectivity index (χ2n) is 6.01. The Morgan fingerprint density at radius 2 is 2.05 bits per heavy atom. The summed E-state index contributed by atoms with van der Waals surface area (Å²) in [6.45, 7) is 3.06. The summed E-state index contributed by atoms with van der Waals surface area (Å²) in [6, 6.07) is 0. The van der Waals surface area contributed by atoms with Crippen LogP contribution in [-0.4, -0.2) is 49.0 Å². The molecule has 0 atom stereocenters. The number of imidazole rings is 1. The number of hydrogen-bond acceptors (Lipinski definition) is 4. The van der Waals surface area contributed by atoms with E-state index in [1.165, 1.54) is 6.20 Å². The molecule has 0 radical (unpaired) electrons. The van der Waals surface area contributed by atoms with Crippen molar-refractivity contribution in [2.45, 2.75) is 43.7 Å². The number of hydrogen-bond donors (Lipinski definition) is 1. The maximum atomic E-state index is 12.8. The van der Waals surface area contributed by atoms with Gasteiger partial charge in [0, 0.05) is 26.1 Å². The van der Waals surface area contributed by atoms with E-state index in [9.17, 15) is 8.42 Å². The molecular formula is C14H25ClN4O2S. The van der Waals surface area contributed by atoms with Gasteiger partial charge in [-0.25, -0.2) is 13.4 Å². The van der Waals surface area contributed by atoms with Crippen molar-refractivity contribution in [2.24, 2.45) is 5.92 Å². The topological polar surface area (TPSA) is 67.2 Å². The molecule has 2 aliphatic rings. The molecule has 2 aliphatic heterocycles. The third-order valence-electron chi connectivity index (χ3n) is 4.66. The van der Waals surface area contributed by atoms with Gasteiger partial charge in [0.2, 0.25) is 0 Å². The Morgan fingerprint density at radius 1 is 1.32 bits per heavy atom. The number of piperidine rings is 1. The first-order valence-corrected chi connectivity index (χ1v) is 9.26. The van der Waals surface area contributed by atoms with Crippen LogP contribution in [0.1, 0.15) is 31.5 Å². The molecule has 1 aromatic rings. The Labute approximate surface area is 138 Å². The summed E-state index contributed by atoms with van der Waals surface area (Å²) in [5.41, 5.74) is 0. The smallest absolute Gasteiger partial charge is 0.260 e. The Bertz CT molecular complexity index is 594. The average Bonchev–Trinajstić information content (AvgIpc) is 3.08. The van der Waals surface area contributed by atoms with Crippen molar-refractivity contribution in [1.29, 1.82) is 0 Å². The molecule has 3 rings (SSSR count). The first-order chi connectivity index (χ1) is 10.1. The van der Waals surface area contributed by atoms with Gasteiger partial charge in [-0.15, -0.1) is 12.4 Å². The molecule has 0 spiro atoms. The summed E-state index contributed by atoms with van der Waals surface area (Å²) in [6.07, 6.45) is 6.48. The minimum Gasteiger partial charge on any atom is -0.320 e. The Hall–Kier alpha value is -0.630. The van der Waals surface area contributed by atoms with Gasteiger partial charge in [0.15, 0.2) is 5.03 Å². The van der Waals surface area contributed by atoms with Crippen LogP contribution in [-0.2, 0) is 23.0 Å². The molecular weight excluding hydrogens is 324 g/mol. The van der Waals surface area contributed by atoms with Gasteiger partial charge >= 0.3 is 0 Å². The van der Waals surface area contributed by atoms with E-state index in [1.807, 2.05) is 11.6 Å². The summed E-state index contributed by atoms with van der Waals surface area (Å²) in [4.78, 5) is 4.26. The highest BCUT2D eigenvalue weighted by Crippen LogP contribution is 2.27. The predicted octanol–water partition coefficient (Wildman–Crippen LogP) is 1.26. The highest BCUT2D eigenvalue weighted by atomic mass is 35.5. The third-order valence-corrected chi connectivity index (χ3v) is 6.56. The number of rotatable bonds is 5. The zero-order valence-corrected chi connectivity index (χ0v) is 14.6. The van der Waals surface area contributed by atoms with Crippen LogP contribution in [0.2, 0.25) is 0 Å². The molecule has 126 valence electrons. The van der Waals surface area contributed by atoms with Gasteiger partial charge < -0.3 is 9.88 Å². The van der Waals surface area contributed by atoms with Crippen molar-refractivity contribution >= 4 is 22.4 Å². The fourth-order valence-corrected chi connectivity index (χ4v) is 4.97. The molecule has 0 saturated carbocycles. The van der Waals surface area contributed by atoms with Crippen molar-refractivity contribution in [3.8, 4) is 0 Å². The second kappa shape index (κ2) is 7.29.